The van der Waals surface area contributed by atoms with E-state index in [9.17, 15) is 9.59 Å². The van der Waals surface area contributed by atoms with Crippen LogP contribution in [0.15, 0.2) is 41.5 Å². The number of carbonyl (C=O) groups is 1. The maximum absolute atomic E-state index is 12.3. The van der Waals surface area contributed by atoms with Gasteiger partial charge in [0.2, 0.25) is 5.82 Å². The predicted molar refractivity (Wildman–Crippen MR) is 79.1 cm³/mol. The first-order valence-corrected chi connectivity index (χ1v) is 6.79. The highest BCUT2D eigenvalue weighted by molar-refractivity contribution is 5.88. The molecule has 3 rings (SSSR count). The summed E-state index contributed by atoms with van der Waals surface area (Å²) < 4.78 is 1.38. The molecule has 1 aromatic heterocycles. The van der Waals surface area contributed by atoms with E-state index in [0.29, 0.717) is 13.1 Å². The molecule has 0 bridgehead atoms. The van der Waals surface area contributed by atoms with Crippen LogP contribution in [0.2, 0.25) is 0 Å². The fraction of sp³-hybridized carbons (Fsp3) is 0.267. The molecule has 0 saturated heterocycles. The smallest absolute Gasteiger partial charge is 0.320 e. The van der Waals surface area contributed by atoms with E-state index in [2.05, 4.69) is 16.4 Å². The number of anilines is 1. The minimum absolute atomic E-state index is 0.0591. The molecule has 0 fully saturated rings. The second kappa shape index (κ2) is 5.40. The molecular formula is C15H16N4O2. The number of benzene rings is 1. The van der Waals surface area contributed by atoms with Crippen LogP contribution in [-0.2, 0) is 20.0 Å². The van der Waals surface area contributed by atoms with E-state index >= 15 is 0 Å². The molecular weight excluding hydrogens is 268 g/mol. The SMILES string of the molecule is Cn1ccnc(NC(=O)N2CCc3ccccc3C2)c1=O. The molecule has 0 saturated carbocycles. The molecule has 0 radical (unpaired) electrons. The molecule has 6 nitrogen and oxygen atoms in total. The van der Waals surface area contributed by atoms with Crippen molar-refractivity contribution in [2.45, 2.75) is 13.0 Å². The van der Waals surface area contributed by atoms with Gasteiger partial charge < -0.3 is 9.47 Å². The molecule has 1 N–H and O–H groups in total. The molecule has 0 aliphatic carbocycles. The average Bonchev–Trinajstić information content (AvgIpc) is 2.51. The van der Waals surface area contributed by atoms with Crippen LogP contribution in [0.3, 0.4) is 0 Å². The molecule has 21 heavy (non-hydrogen) atoms. The molecule has 0 atom stereocenters. The summed E-state index contributed by atoms with van der Waals surface area (Å²) >= 11 is 0. The summed E-state index contributed by atoms with van der Waals surface area (Å²) in [5, 5.41) is 2.59. The van der Waals surface area contributed by atoms with Gasteiger partial charge >= 0.3 is 6.03 Å². The zero-order valence-electron chi connectivity index (χ0n) is 11.7. The average molecular weight is 284 g/mol. The lowest BCUT2D eigenvalue weighted by Gasteiger charge is -2.28. The van der Waals surface area contributed by atoms with Crippen LogP contribution >= 0.6 is 0 Å². The van der Waals surface area contributed by atoms with E-state index < -0.39 is 0 Å². The first-order valence-electron chi connectivity index (χ1n) is 6.79. The molecule has 2 amide bonds. The topological polar surface area (TPSA) is 67.2 Å². The number of nitrogens with zero attached hydrogens (tertiary/aromatic N) is 3. The van der Waals surface area contributed by atoms with Gasteiger partial charge in [0.15, 0.2) is 0 Å². The van der Waals surface area contributed by atoms with Crippen molar-refractivity contribution in [3.05, 3.63) is 58.1 Å². The number of aryl methyl sites for hydroxylation is 1. The predicted octanol–water partition coefficient (Wildman–Crippen LogP) is 1.37. The van der Waals surface area contributed by atoms with Gasteiger partial charge in [0.05, 0.1) is 0 Å². The van der Waals surface area contributed by atoms with Crippen molar-refractivity contribution in [3.63, 3.8) is 0 Å². The quantitative estimate of drug-likeness (QED) is 0.860. The summed E-state index contributed by atoms with van der Waals surface area (Å²) in [6.45, 7) is 1.19. The lowest BCUT2D eigenvalue weighted by molar-refractivity contribution is 0.206. The Labute approximate surface area is 122 Å². The second-order valence-electron chi connectivity index (χ2n) is 5.06. The van der Waals surface area contributed by atoms with Gasteiger partial charge in [-0.15, -0.1) is 0 Å². The Morgan fingerprint density at radius 1 is 1.29 bits per heavy atom. The van der Waals surface area contributed by atoms with Crippen LogP contribution in [0.25, 0.3) is 0 Å². The number of amides is 2. The number of hydrogen-bond acceptors (Lipinski definition) is 3. The molecule has 1 aliphatic heterocycles. The first kappa shape index (κ1) is 13.4. The normalized spacial score (nSPS) is 13.7. The summed E-state index contributed by atoms with van der Waals surface area (Å²) in [7, 11) is 1.62. The van der Waals surface area contributed by atoms with Crippen LogP contribution in [0.4, 0.5) is 10.6 Å². The van der Waals surface area contributed by atoms with Crippen LogP contribution in [0, 0.1) is 0 Å². The van der Waals surface area contributed by atoms with Gasteiger partial charge in [-0.1, -0.05) is 24.3 Å². The molecule has 6 heteroatoms. The Balaban J connectivity index is 1.75. The third-order valence-electron chi connectivity index (χ3n) is 3.66. The standard InChI is InChI=1S/C15H16N4O2/c1-18-9-7-16-13(14(18)20)17-15(21)19-8-6-11-4-2-3-5-12(11)10-19/h2-5,7,9H,6,8,10H2,1H3,(H,16,17,21). The number of nitrogens with one attached hydrogen (secondary N) is 1. The van der Waals surface area contributed by atoms with E-state index in [1.54, 1.807) is 18.1 Å². The van der Waals surface area contributed by atoms with Gasteiger partial charge in [-0.3, -0.25) is 10.1 Å². The fourth-order valence-electron chi connectivity index (χ4n) is 2.43. The van der Waals surface area contributed by atoms with Crippen LogP contribution < -0.4 is 10.9 Å². The lowest BCUT2D eigenvalue weighted by atomic mass is 10.0. The van der Waals surface area contributed by atoms with E-state index in [4.69, 9.17) is 0 Å². The largest absolute Gasteiger partial charge is 0.323 e. The van der Waals surface area contributed by atoms with Gasteiger partial charge in [-0.2, -0.15) is 0 Å². The van der Waals surface area contributed by atoms with Gasteiger partial charge in [0.25, 0.3) is 5.56 Å². The molecule has 2 heterocycles. The number of hydrogen-bond donors (Lipinski definition) is 1. The highest BCUT2D eigenvalue weighted by atomic mass is 16.2. The van der Waals surface area contributed by atoms with E-state index in [0.717, 1.165) is 12.0 Å². The van der Waals surface area contributed by atoms with Gasteiger partial charge in [0.1, 0.15) is 0 Å². The Hall–Kier alpha value is -2.63. The summed E-state index contributed by atoms with van der Waals surface area (Å²) in [5.41, 5.74) is 2.10. The summed E-state index contributed by atoms with van der Waals surface area (Å²) in [6, 6.07) is 7.79. The number of carbonyl (C=O) groups excluding carboxylic acids is 1. The van der Waals surface area contributed by atoms with E-state index in [-0.39, 0.29) is 17.4 Å². The number of urea groups is 1. The highest BCUT2D eigenvalue weighted by Gasteiger charge is 2.21. The van der Waals surface area contributed by atoms with E-state index in [1.807, 2.05) is 18.2 Å². The van der Waals surface area contributed by atoms with Crippen molar-refractivity contribution in [2.24, 2.45) is 7.05 Å². The van der Waals surface area contributed by atoms with Crippen LogP contribution in [0.5, 0.6) is 0 Å². The summed E-state index contributed by atoms with van der Waals surface area (Å²) in [4.78, 5) is 29.7. The zero-order valence-corrected chi connectivity index (χ0v) is 11.7. The summed E-state index contributed by atoms with van der Waals surface area (Å²) in [5.74, 6) is 0.0591. The van der Waals surface area contributed by atoms with E-state index in [1.165, 1.54) is 16.3 Å². The van der Waals surface area contributed by atoms with Gasteiger partial charge in [-0.25, -0.2) is 9.78 Å². The molecule has 1 aromatic carbocycles. The minimum Gasteiger partial charge on any atom is -0.320 e. The lowest BCUT2D eigenvalue weighted by Crippen LogP contribution is -2.40. The Morgan fingerprint density at radius 2 is 2.05 bits per heavy atom. The van der Waals surface area contributed by atoms with Crippen molar-refractivity contribution in [1.82, 2.24) is 14.5 Å². The zero-order chi connectivity index (χ0) is 14.8. The van der Waals surface area contributed by atoms with Crippen molar-refractivity contribution < 1.29 is 4.79 Å². The molecule has 108 valence electrons. The monoisotopic (exact) mass is 284 g/mol. The second-order valence-corrected chi connectivity index (χ2v) is 5.06. The molecule has 0 spiro atoms. The van der Waals surface area contributed by atoms with Crippen LogP contribution in [-0.4, -0.2) is 27.0 Å². The van der Waals surface area contributed by atoms with Crippen LogP contribution in [0.1, 0.15) is 11.1 Å². The highest BCUT2D eigenvalue weighted by Crippen LogP contribution is 2.18. The Morgan fingerprint density at radius 3 is 2.86 bits per heavy atom. The van der Waals surface area contributed by atoms with Crippen molar-refractivity contribution in [1.29, 1.82) is 0 Å². The van der Waals surface area contributed by atoms with Crippen molar-refractivity contribution in [2.75, 3.05) is 11.9 Å². The van der Waals surface area contributed by atoms with Crippen molar-refractivity contribution in [3.8, 4) is 0 Å². The Kier molecular flexibility index (Phi) is 3.43. The Bertz CT molecular complexity index is 738. The molecule has 1 aliphatic rings. The maximum Gasteiger partial charge on any atom is 0.323 e. The number of aromatic nitrogens is 2. The molecule has 0 unspecified atom stereocenters. The van der Waals surface area contributed by atoms with Crippen molar-refractivity contribution >= 4 is 11.8 Å². The van der Waals surface area contributed by atoms with Gasteiger partial charge in [-0.05, 0) is 17.5 Å². The maximum atomic E-state index is 12.3. The molecule has 2 aromatic rings. The minimum atomic E-state index is -0.316. The first-order chi connectivity index (χ1) is 10.1. The fourth-order valence-corrected chi connectivity index (χ4v) is 2.43. The summed E-state index contributed by atoms with van der Waals surface area (Å²) in [6.07, 6.45) is 3.86. The third kappa shape index (κ3) is 2.65. The third-order valence-corrected chi connectivity index (χ3v) is 3.66. The number of rotatable bonds is 1. The number of fused-ring (bicyclic) bond motifs is 1. The van der Waals surface area contributed by atoms with Gasteiger partial charge in [0, 0.05) is 32.5 Å².